The maximum Gasteiger partial charge on any atom is 0.257 e. The SMILES string of the molecule is COc1ccccc1C1=NN(C(=O)CN2CCC(C)CC2)C(c2ccccc2Cl)C1. The maximum atomic E-state index is 13.3. The second kappa shape index (κ2) is 9.19. The number of hydrogen-bond acceptors (Lipinski definition) is 4. The van der Waals surface area contributed by atoms with Crippen LogP contribution in [-0.2, 0) is 4.79 Å². The molecule has 0 aliphatic carbocycles. The minimum Gasteiger partial charge on any atom is -0.496 e. The highest BCUT2D eigenvalue weighted by atomic mass is 35.5. The Morgan fingerprint density at radius 1 is 1.13 bits per heavy atom. The van der Waals surface area contributed by atoms with Gasteiger partial charge < -0.3 is 4.74 Å². The fraction of sp³-hybridized carbons (Fsp3) is 0.417. The summed E-state index contributed by atoms with van der Waals surface area (Å²) in [6.07, 6.45) is 2.88. The largest absolute Gasteiger partial charge is 0.496 e. The van der Waals surface area contributed by atoms with Crippen molar-refractivity contribution in [2.75, 3.05) is 26.7 Å². The molecule has 1 fully saturated rings. The molecule has 30 heavy (non-hydrogen) atoms. The van der Waals surface area contributed by atoms with Crippen LogP contribution in [0.2, 0.25) is 5.02 Å². The van der Waals surface area contributed by atoms with Gasteiger partial charge in [-0.05, 0) is 55.6 Å². The van der Waals surface area contributed by atoms with Crippen LogP contribution in [0.1, 0.15) is 43.4 Å². The summed E-state index contributed by atoms with van der Waals surface area (Å²) in [5.74, 6) is 1.50. The van der Waals surface area contributed by atoms with Crippen LogP contribution in [0.4, 0.5) is 0 Å². The van der Waals surface area contributed by atoms with Crippen LogP contribution in [-0.4, -0.2) is 48.3 Å². The number of carbonyl (C=O) groups excluding carboxylic acids is 1. The molecular formula is C24H28ClN3O2. The third-order valence-electron chi connectivity index (χ3n) is 6.08. The topological polar surface area (TPSA) is 45.1 Å². The molecule has 2 aromatic rings. The van der Waals surface area contributed by atoms with E-state index in [0.29, 0.717) is 18.0 Å². The predicted octanol–water partition coefficient (Wildman–Crippen LogP) is 4.76. The van der Waals surface area contributed by atoms with Gasteiger partial charge >= 0.3 is 0 Å². The number of hydrazone groups is 1. The lowest BCUT2D eigenvalue weighted by Gasteiger charge is -2.31. The average Bonchev–Trinajstić information content (AvgIpc) is 3.21. The van der Waals surface area contributed by atoms with Gasteiger partial charge in [0.1, 0.15) is 5.75 Å². The molecule has 0 spiro atoms. The number of piperidine rings is 1. The molecule has 1 atom stereocenters. The van der Waals surface area contributed by atoms with E-state index in [0.717, 1.165) is 54.4 Å². The van der Waals surface area contributed by atoms with Gasteiger partial charge in [-0.1, -0.05) is 48.9 Å². The van der Waals surface area contributed by atoms with Gasteiger partial charge in [-0.15, -0.1) is 0 Å². The number of nitrogens with zero attached hydrogens (tertiary/aromatic N) is 3. The Labute approximate surface area is 183 Å². The average molecular weight is 426 g/mol. The van der Waals surface area contributed by atoms with Gasteiger partial charge in [0.05, 0.1) is 25.4 Å². The second-order valence-corrected chi connectivity index (χ2v) is 8.59. The zero-order valence-electron chi connectivity index (χ0n) is 17.6. The molecule has 1 unspecified atom stereocenters. The van der Waals surface area contributed by atoms with Crippen molar-refractivity contribution in [3.63, 3.8) is 0 Å². The van der Waals surface area contributed by atoms with E-state index in [1.807, 2.05) is 48.5 Å². The van der Waals surface area contributed by atoms with E-state index in [1.54, 1.807) is 12.1 Å². The summed E-state index contributed by atoms with van der Waals surface area (Å²) in [7, 11) is 1.65. The Morgan fingerprint density at radius 3 is 2.57 bits per heavy atom. The summed E-state index contributed by atoms with van der Waals surface area (Å²) >= 11 is 6.51. The first-order valence-electron chi connectivity index (χ1n) is 10.6. The molecule has 2 aliphatic rings. The summed E-state index contributed by atoms with van der Waals surface area (Å²) in [6.45, 7) is 4.58. The summed E-state index contributed by atoms with van der Waals surface area (Å²) in [6, 6.07) is 15.3. The van der Waals surface area contributed by atoms with Crippen LogP contribution in [0.5, 0.6) is 5.75 Å². The Morgan fingerprint density at radius 2 is 1.83 bits per heavy atom. The molecule has 0 bridgehead atoms. The van der Waals surface area contributed by atoms with Gasteiger partial charge in [-0.3, -0.25) is 9.69 Å². The number of carbonyl (C=O) groups is 1. The van der Waals surface area contributed by atoms with Gasteiger partial charge in [0, 0.05) is 17.0 Å². The van der Waals surface area contributed by atoms with Crippen LogP contribution in [0.15, 0.2) is 53.6 Å². The number of hydrogen-bond donors (Lipinski definition) is 0. The molecule has 158 valence electrons. The quantitative estimate of drug-likeness (QED) is 0.693. The van der Waals surface area contributed by atoms with Gasteiger partial charge in [0.15, 0.2) is 0 Å². The van der Waals surface area contributed by atoms with E-state index in [9.17, 15) is 4.79 Å². The highest BCUT2D eigenvalue weighted by Crippen LogP contribution is 2.37. The minimum absolute atomic E-state index is 0.0133. The van der Waals surface area contributed by atoms with Crippen LogP contribution in [0.3, 0.4) is 0 Å². The van der Waals surface area contributed by atoms with Crippen molar-refractivity contribution >= 4 is 23.2 Å². The molecule has 2 heterocycles. The Bertz CT molecular complexity index is 938. The smallest absolute Gasteiger partial charge is 0.257 e. The number of amides is 1. The van der Waals surface area contributed by atoms with Crippen LogP contribution >= 0.6 is 11.6 Å². The highest BCUT2D eigenvalue weighted by Gasteiger charge is 2.35. The second-order valence-electron chi connectivity index (χ2n) is 8.19. The van der Waals surface area contributed by atoms with Crippen LogP contribution in [0.25, 0.3) is 0 Å². The molecular weight excluding hydrogens is 398 g/mol. The summed E-state index contributed by atoms with van der Waals surface area (Å²) in [4.78, 5) is 15.6. The van der Waals surface area contributed by atoms with E-state index in [1.165, 1.54) is 0 Å². The highest BCUT2D eigenvalue weighted by molar-refractivity contribution is 6.31. The number of para-hydroxylation sites is 1. The molecule has 0 saturated carbocycles. The van der Waals surface area contributed by atoms with Crippen molar-refractivity contribution in [1.29, 1.82) is 0 Å². The van der Waals surface area contributed by atoms with E-state index in [4.69, 9.17) is 21.4 Å². The van der Waals surface area contributed by atoms with Gasteiger partial charge in [-0.2, -0.15) is 5.10 Å². The lowest BCUT2D eigenvalue weighted by atomic mass is 9.97. The number of rotatable bonds is 5. The van der Waals surface area contributed by atoms with Gasteiger partial charge in [0.2, 0.25) is 0 Å². The van der Waals surface area contributed by atoms with Crippen molar-refractivity contribution < 1.29 is 9.53 Å². The fourth-order valence-electron chi connectivity index (χ4n) is 4.26. The standard InChI is InChI=1S/C24H28ClN3O2/c1-17-11-13-27(14-12-17)16-24(29)28-22(18-7-3-5-9-20(18)25)15-21(26-28)19-8-4-6-10-23(19)30-2/h3-10,17,22H,11-16H2,1-2H3. The Kier molecular flexibility index (Phi) is 6.40. The normalized spacial score (nSPS) is 20.3. The number of methoxy groups -OCH3 is 1. The molecule has 0 aromatic heterocycles. The maximum absolute atomic E-state index is 13.3. The minimum atomic E-state index is -0.213. The first-order chi connectivity index (χ1) is 14.6. The molecule has 2 aliphatic heterocycles. The Hall–Kier alpha value is -2.37. The first kappa shape index (κ1) is 20.9. The predicted molar refractivity (Wildman–Crippen MR) is 120 cm³/mol. The van der Waals surface area contributed by atoms with E-state index < -0.39 is 0 Å². The lowest BCUT2D eigenvalue weighted by Crippen LogP contribution is -2.41. The van der Waals surface area contributed by atoms with Crippen LogP contribution < -0.4 is 4.74 Å². The molecule has 5 nitrogen and oxygen atoms in total. The fourth-order valence-corrected chi connectivity index (χ4v) is 4.52. The summed E-state index contributed by atoms with van der Waals surface area (Å²) < 4.78 is 5.53. The Balaban J connectivity index is 1.63. The molecule has 1 saturated heterocycles. The first-order valence-corrected chi connectivity index (χ1v) is 10.9. The third-order valence-corrected chi connectivity index (χ3v) is 6.43. The molecule has 6 heteroatoms. The van der Waals surface area contributed by atoms with Crippen molar-refractivity contribution in [3.05, 3.63) is 64.7 Å². The number of halogens is 1. The molecule has 0 radical (unpaired) electrons. The van der Waals surface area contributed by atoms with Crippen molar-refractivity contribution in [2.45, 2.75) is 32.2 Å². The summed E-state index contributed by atoms with van der Waals surface area (Å²) in [5.41, 5.74) is 2.69. The molecule has 4 rings (SSSR count). The lowest BCUT2D eigenvalue weighted by molar-refractivity contribution is -0.134. The number of ether oxygens (including phenoxy) is 1. The third kappa shape index (κ3) is 4.37. The molecule has 2 aromatic carbocycles. The van der Waals surface area contributed by atoms with Gasteiger partial charge in [-0.25, -0.2) is 5.01 Å². The number of benzene rings is 2. The van der Waals surface area contributed by atoms with Gasteiger partial charge in [0.25, 0.3) is 5.91 Å². The van der Waals surface area contributed by atoms with Crippen molar-refractivity contribution in [1.82, 2.24) is 9.91 Å². The van der Waals surface area contributed by atoms with E-state index in [2.05, 4.69) is 11.8 Å². The molecule has 1 amide bonds. The van der Waals surface area contributed by atoms with E-state index >= 15 is 0 Å². The van der Waals surface area contributed by atoms with Crippen molar-refractivity contribution in [2.24, 2.45) is 11.0 Å². The monoisotopic (exact) mass is 425 g/mol. The number of likely N-dealkylation sites (tertiary alicyclic amines) is 1. The van der Waals surface area contributed by atoms with E-state index in [-0.39, 0.29) is 11.9 Å². The summed E-state index contributed by atoms with van der Waals surface area (Å²) in [5, 5.41) is 7.08. The zero-order chi connectivity index (χ0) is 21.1. The van der Waals surface area contributed by atoms with Crippen molar-refractivity contribution in [3.8, 4) is 5.75 Å². The zero-order valence-corrected chi connectivity index (χ0v) is 18.3. The van der Waals surface area contributed by atoms with Crippen LogP contribution in [0, 0.1) is 5.92 Å². The molecule has 0 N–H and O–H groups in total.